The first kappa shape index (κ1) is 7.26. The first-order chi connectivity index (χ1) is 3.48. The summed E-state index contributed by atoms with van der Waals surface area (Å²) in [4.78, 5) is 0. The van der Waals surface area contributed by atoms with Crippen molar-refractivity contribution in [2.45, 2.75) is 13.1 Å². The van der Waals surface area contributed by atoms with E-state index in [1.54, 1.807) is 0 Å². The van der Waals surface area contributed by atoms with E-state index in [-0.39, 0.29) is 0 Å². The zero-order chi connectivity index (χ0) is 6.78. The Labute approximate surface area is 43.6 Å². The van der Waals surface area contributed by atoms with E-state index < -0.39 is 11.9 Å². The van der Waals surface area contributed by atoms with Crippen molar-refractivity contribution in [2.24, 2.45) is 5.16 Å². The molecule has 8 heavy (non-hydrogen) atoms. The van der Waals surface area contributed by atoms with E-state index in [1.165, 1.54) is 0 Å². The molecule has 0 fully saturated rings. The van der Waals surface area contributed by atoms with Crippen LogP contribution in [0.4, 0.5) is 13.2 Å². The topological polar surface area (TPSA) is 32.6 Å². The Balaban J connectivity index is 4.03. The summed E-state index contributed by atoms with van der Waals surface area (Å²) in [5, 5.41) is 9.49. The maximum Gasteiger partial charge on any atom is 0.432 e. The number of nitrogens with zero attached hydrogens (tertiary/aromatic N) is 1. The molecule has 0 amide bonds. The third-order valence-corrected chi connectivity index (χ3v) is 0.560. The summed E-state index contributed by atoms with van der Waals surface area (Å²) < 4.78 is 33.5. The summed E-state index contributed by atoms with van der Waals surface area (Å²) in [7, 11) is 0. The van der Waals surface area contributed by atoms with Crippen molar-refractivity contribution in [1.82, 2.24) is 0 Å². The number of rotatable bonds is 0. The lowest BCUT2D eigenvalue weighted by atomic mass is 10.4. The third kappa shape index (κ3) is 1.81. The van der Waals surface area contributed by atoms with E-state index in [9.17, 15) is 13.2 Å². The minimum atomic E-state index is -4.49. The number of hydrogen-bond acceptors (Lipinski definition) is 2. The fourth-order valence-electron chi connectivity index (χ4n) is 0.0567. The molecular formula is C3H4F3NO. The Bertz CT molecular complexity index is 106. The van der Waals surface area contributed by atoms with E-state index in [2.05, 4.69) is 0 Å². The molecule has 0 bridgehead atoms. The van der Waals surface area contributed by atoms with Gasteiger partial charge < -0.3 is 5.21 Å². The lowest BCUT2D eigenvalue weighted by Crippen LogP contribution is -2.18. The Morgan fingerprint density at radius 1 is 1.50 bits per heavy atom. The van der Waals surface area contributed by atoms with Gasteiger partial charge in [0, 0.05) is 0 Å². The van der Waals surface area contributed by atoms with Gasteiger partial charge >= 0.3 is 6.18 Å². The zero-order valence-corrected chi connectivity index (χ0v) is 4.03. The van der Waals surface area contributed by atoms with Crippen LogP contribution in [0.25, 0.3) is 0 Å². The summed E-state index contributed by atoms with van der Waals surface area (Å²) in [6.45, 7) is 0.681. The number of halogens is 3. The molecular weight excluding hydrogens is 123 g/mol. The maximum atomic E-state index is 11.2. The molecule has 0 aliphatic heterocycles. The molecule has 5 heteroatoms. The summed E-state index contributed by atoms with van der Waals surface area (Å²) in [5.74, 6) is 0. The molecule has 2 nitrogen and oxygen atoms in total. The number of hydrogen-bond donors (Lipinski definition) is 1. The molecule has 0 atom stereocenters. The predicted molar refractivity (Wildman–Crippen MR) is 21.0 cm³/mol. The Morgan fingerprint density at radius 2 is 1.88 bits per heavy atom. The van der Waals surface area contributed by atoms with Crippen molar-refractivity contribution in [3.05, 3.63) is 0 Å². The van der Waals surface area contributed by atoms with Gasteiger partial charge in [0.15, 0.2) is 5.71 Å². The van der Waals surface area contributed by atoms with Crippen LogP contribution in [0.3, 0.4) is 0 Å². The molecule has 1 N–H and O–H groups in total. The molecule has 0 aromatic rings. The number of alkyl halides is 3. The minimum absolute atomic E-state index is 0.681. The zero-order valence-electron chi connectivity index (χ0n) is 4.03. The van der Waals surface area contributed by atoms with Gasteiger partial charge in [0.1, 0.15) is 0 Å². The van der Waals surface area contributed by atoms with Crippen LogP contribution in [-0.4, -0.2) is 17.1 Å². The van der Waals surface area contributed by atoms with E-state index >= 15 is 0 Å². The molecule has 0 heterocycles. The van der Waals surface area contributed by atoms with Crippen LogP contribution < -0.4 is 0 Å². The Morgan fingerprint density at radius 3 is 1.88 bits per heavy atom. The third-order valence-electron chi connectivity index (χ3n) is 0.560. The second-order valence-electron chi connectivity index (χ2n) is 1.18. The molecule has 0 rings (SSSR count). The minimum Gasteiger partial charge on any atom is -0.411 e. The van der Waals surface area contributed by atoms with Crippen molar-refractivity contribution in [3.63, 3.8) is 0 Å². The molecule has 0 aliphatic rings. The van der Waals surface area contributed by atoms with E-state index in [1.807, 2.05) is 5.16 Å². The van der Waals surface area contributed by atoms with Crippen LogP contribution in [0.1, 0.15) is 6.92 Å². The van der Waals surface area contributed by atoms with Crippen LogP contribution in [0.15, 0.2) is 5.16 Å². The standard InChI is InChI=1S/C3H4F3NO/c1-2(7-8)3(4,5)6/h8H,1H3/b7-2+. The summed E-state index contributed by atoms with van der Waals surface area (Å²) in [5.41, 5.74) is -1.24. The highest BCUT2D eigenvalue weighted by molar-refractivity contribution is 5.86. The van der Waals surface area contributed by atoms with Crippen molar-refractivity contribution < 1.29 is 18.4 Å². The Kier molecular flexibility index (Phi) is 1.83. The highest BCUT2D eigenvalue weighted by Gasteiger charge is 2.32. The monoisotopic (exact) mass is 127 g/mol. The van der Waals surface area contributed by atoms with Gasteiger partial charge in [-0.05, 0) is 6.92 Å². The molecule has 48 valence electrons. The van der Waals surface area contributed by atoms with Crippen LogP contribution in [0.2, 0.25) is 0 Å². The van der Waals surface area contributed by atoms with E-state index in [0.717, 1.165) is 0 Å². The largest absolute Gasteiger partial charge is 0.432 e. The van der Waals surface area contributed by atoms with Crippen molar-refractivity contribution >= 4 is 5.71 Å². The van der Waals surface area contributed by atoms with Crippen LogP contribution in [0.5, 0.6) is 0 Å². The quantitative estimate of drug-likeness (QED) is 0.297. The average molecular weight is 127 g/mol. The second-order valence-corrected chi connectivity index (χ2v) is 1.18. The smallest absolute Gasteiger partial charge is 0.411 e. The van der Waals surface area contributed by atoms with Gasteiger partial charge in [-0.2, -0.15) is 13.2 Å². The second kappa shape index (κ2) is 2.02. The molecule has 0 unspecified atom stereocenters. The van der Waals surface area contributed by atoms with Gasteiger partial charge in [-0.3, -0.25) is 0 Å². The lowest BCUT2D eigenvalue weighted by Gasteiger charge is -2.00. The van der Waals surface area contributed by atoms with Crippen LogP contribution >= 0.6 is 0 Å². The summed E-state index contributed by atoms with van der Waals surface area (Å²) in [6, 6.07) is 0. The molecule has 0 aromatic heterocycles. The van der Waals surface area contributed by atoms with Crippen molar-refractivity contribution in [2.75, 3.05) is 0 Å². The highest BCUT2D eigenvalue weighted by atomic mass is 19.4. The highest BCUT2D eigenvalue weighted by Crippen LogP contribution is 2.15. The van der Waals surface area contributed by atoms with E-state index in [0.29, 0.717) is 6.92 Å². The molecule has 0 saturated carbocycles. The maximum absolute atomic E-state index is 11.2. The molecule has 0 aliphatic carbocycles. The normalized spacial score (nSPS) is 14.2. The van der Waals surface area contributed by atoms with Gasteiger partial charge in [0.25, 0.3) is 0 Å². The first-order valence-electron chi connectivity index (χ1n) is 1.74. The SMILES string of the molecule is C/C(=N\O)C(F)(F)F. The molecule has 0 saturated heterocycles. The van der Waals surface area contributed by atoms with E-state index in [4.69, 9.17) is 5.21 Å². The molecule has 0 spiro atoms. The van der Waals surface area contributed by atoms with Gasteiger partial charge in [0.05, 0.1) is 0 Å². The van der Waals surface area contributed by atoms with Gasteiger partial charge in [-0.25, -0.2) is 0 Å². The Hall–Kier alpha value is -0.740. The summed E-state index contributed by atoms with van der Waals surface area (Å²) >= 11 is 0. The van der Waals surface area contributed by atoms with Gasteiger partial charge in [-0.1, -0.05) is 5.16 Å². The summed E-state index contributed by atoms with van der Waals surface area (Å²) in [6.07, 6.45) is -4.49. The predicted octanol–water partition coefficient (Wildman–Crippen LogP) is 1.40. The van der Waals surface area contributed by atoms with Gasteiger partial charge in [-0.15, -0.1) is 0 Å². The first-order valence-corrected chi connectivity index (χ1v) is 1.74. The number of oxime groups is 1. The van der Waals surface area contributed by atoms with Crippen molar-refractivity contribution in [3.8, 4) is 0 Å². The van der Waals surface area contributed by atoms with Crippen LogP contribution in [-0.2, 0) is 0 Å². The average Bonchev–Trinajstić information content (AvgIpc) is 1.62. The molecule has 0 radical (unpaired) electrons. The van der Waals surface area contributed by atoms with Crippen LogP contribution in [0, 0.1) is 0 Å². The fraction of sp³-hybridized carbons (Fsp3) is 0.667. The fourth-order valence-corrected chi connectivity index (χ4v) is 0.0567. The van der Waals surface area contributed by atoms with Crippen molar-refractivity contribution in [1.29, 1.82) is 0 Å². The lowest BCUT2D eigenvalue weighted by molar-refractivity contribution is -0.0613. The molecule has 0 aromatic carbocycles. The van der Waals surface area contributed by atoms with Gasteiger partial charge in [0.2, 0.25) is 0 Å².